The molecule has 1 saturated carbocycles. The zero-order valence-corrected chi connectivity index (χ0v) is 18.3. The van der Waals surface area contributed by atoms with E-state index in [1.165, 1.54) is 35.0 Å². The van der Waals surface area contributed by atoms with Crippen LogP contribution in [0.1, 0.15) is 32.1 Å². The molecule has 0 amide bonds. The minimum Gasteiger partial charge on any atom is -0.368 e. The lowest BCUT2D eigenvalue weighted by Crippen LogP contribution is -2.47. The second-order valence-corrected chi connectivity index (χ2v) is 11.1. The normalized spacial score (nSPS) is 24.7. The molecule has 0 atom stereocenters. The highest BCUT2D eigenvalue weighted by atomic mass is 32.2. The summed E-state index contributed by atoms with van der Waals surface area (Å²) in [5.41, 5.74) is 1.38. The Morgan fingerprint density at radius 3 is 2.54 bits per heavy atom. The van der Waals surface area contributed by atoms with E-state index in [2.05, 4.69) is 44.2 Å². The number of fused-ring (bicyclic) bond motifs is 1. The summed E-state index contributed by atoms with van der Waals surface area (Å²) in [6.07, 6.45) is 6.76. The monoisotopic (exact) mass is 421 g/mol. The number of benzene rings is 1. The number of piperazine rings is 1. The molecule has 2 aromatic rings. The van der Waals surface area contributed by atoms with E-state index in [4.69, 9.17) is 0 Å². The molecule has 0 spiro atoms. The summed E-state index contributed by atoms with van der Waals surface area (Å²) in [6, 6.07) is 9.04. The molecular weight excluding hydrogens is 390 g/mol. The van der Waals surface area contributed by atoms with Gasteiger partial charge in [-0.05, 0) is 68.1 Å². The maximum atomic E-state index is 11.4. The second-order valence-electron chi connectivity index (χ2n) is 8.33. The smallest absolute Gasteiger partial charge is 0.208 e. The summed E-state index contributed by atoms with van der Waals surface area (Å²) in [5.74, 6) is 0.746. The third-order valence-electron chi connectivity index (χ3n) is 6.27. The molecule has 1 aliphatic carbocycles. The molecule has 2 heterocycles. The summed E-state index contributed by atoms with van der Waals surface area (Å²) in [4.78, 5) is 5.14. The molecule has 7 heteroatoms. The van der Waals surface area contributed by atoms with Crippen LogP contribution in [-0.4, -0.2) is 58.3 Å². The molecule has 1 N–H and O–H groups in total. The third kappa shape index (κ3) is 5.06. The topological polar surface area (TPSA) is 52.7 Å². The van der Waals surface area contributed by atoms with Gasteiger partial charge in [-0.25, -0.2) is 13.1 Å². The fourth-order valence-electron chi connectivity index (χ4n) is 4.70. The largest absolute Gasteiger partial charge is 0.368 e. The van der Waals surface area contributed by atoms with Crippen molar-refractivity contribution in [3.05, 3.63) is 29.6 Å². The first kappa shape index (κ1) is 20.1. The SMILES string of the molecule is CS(=O)(=O)NC1CCC(CCN2CCN(c3cccc4sccc34)CC2)CC1. The molecule has 0 unspecified atom stereocenters. The van der Waals surface area contributed by atoms with Gasteiger partial charge in [0.25, 0.3) is 0 Å². The van der Waals surface area contributed by atoms with Crippen LogP contribution < -0.4 is 9.62 Å². The van der Waals surface area contributed by atoms with Gasteiger partial charge in [0, 0.05) is 48.0 Å². The predicted molar refractivity (Wildman–Crippen MR) is 119 cm³/mol. The molecule has 1 saturated heterocycles. The molecule has 1 aromatic heterocycles. The fraction of sp³-hybridized carbons (Fsp3) is 0.619. The van der Waals surface area contributed by atoms with Crippen molar-refractivity contribution in [3.63, 3.8) is 0 Å². The van der Waals surface area contributed by atoms with Gasteiger partial charge in [-0.2, -0.15) is 0 Å². The van der Waals surface area contributed by atoms with Gasteiger partial charge in [0.2, 0.25) is 10.0 Å². The zero-order chi connectivity index (χ0) is 19.6. The average Bonchev–Trinajstić information content (AvgIpc) is 3.16. The van der Waals surface area contributed by atoms with Crippen molar-refractivity contribution in [1.29, 1.82) is 0 Å². The maximum absolute atomic E-state index is 11.4. The number of rotatable bonds is 6. The summed E-state index contributed by atoms with van der Waals surface area (Å²) in [7, 11) is -3.07. The molecule has 1 aliphatic heterocycles. The number of nitrogens with zero attached hydrogens (tertiary/aromatic N) is 2. The molecule has 28 heavy (non-hydrogen) atoms. The van der Waals surface area contributed by atoms with Crippen molar-refractivity contribution in [2.45, 2.75) is 38.1 Å². The number of hydrogen-bond donors (Lipinski definition) is 1. The van der Waals surface area contributed by atoms with E-state index < -0.39 is 10.0 Å². The van der Waals surface area contributed by atoms with Crippen LogP contribution in [0.2, 0.25) is 0 Å². The van der Waals surface area contributed by atoms with Crippen molar-refractivity contribution < 1.29 is 8.42 Å². The molecule has 0 bridgehead atoms. The van der Waals surface area contributed by atoms with Crippen molar-refractivity contribution in [2.24, 2.45) is 5.92 Å². The van der Waals surface area contributed by atoms with Gasteiger partial charge in [0.15, 0.2) is 0 Å². The van der Waals surface area contributed by atoms with Crippen LogP contribution in [0.4, 0.5) is 5.69 Å². The van der Waals surface area contributed by atoms with Crippen molar-refractivity contribution >= 4 is 37.1 Å². The van der Waals surface area contributed by atoms with Gasteiger partial charge >= 0.3 is 0 Å². The van der Waals surface area contributed by atoms with E-state index in [1.54, 1.807) is 0 Å². The Balaban J connectivity index is 1.21. The lowest BCUT2D eigenvalue weighted by molar-refractivity contribution is 0.215. The van der Waals surface area contributed by atoms with Crippen LogP contribution in [-0.2, 0) is 10.0 Å². The van der Waals surface area contributed by atoms with Crippen molar-refractivity contribution in [1.82, 2.24) is 9.62 Å². The fourth-order valence-corrected chi connectivity index (χ4v) is 6.35. The minimum absolute atomic E-state index is 0.148. The molecule has 2 aliphatic rings. The van der Waals surface area contributed by atoms with Gasteiger partial charge in [-0.1, -0.05) is 6.07 Å². The van der Waals surface area contributed by atoms with E-state index in [-0.39, 0.29) is 6.04 Å². The predicted octanol–water partition coefficient (Wildman–Crippen LogP) is 3.52. The lowest BCUT2D eigenvalue weighted by Gasteiger charge is -2.37. The Labute approximate surface area is 172 Å². The molecule has 154 valence electrons. The number of anilines is 1. The van der Waals surface area contributed by atoms with Crippen molar-refractivity contribution in [2.75, 3.05) is 43.9 Å². The van der Waals surface area contributed by atoms with E-state index in [1.807, 2.05) is 11.3 Å². The van der Waals surface area contributed by atoms with Gasteiger partial charge in [0.1, 0.15) is 0 Å². The van der Waals surface area contributed by atoms with Crippen molar-refractivity contribution in [3.8, 4) is 0 Å². The Morgan fingerprint density at radius 1 is 1.07 bits per heavy atom. The highest BCUT2D eigenvalue weighted by Gasteiger charge is 2.24. The number of nitrogens with one attached hydrogen (secondary N) is 1. The molecule has 2 fully saturated rings. The second kappa shape index (κ2) is 8.69. The summed E-state index contributed by atoms with van der Waals surface area (Å²) in [6.45, 7) is 5.63. The minimum atomic E-state index is -3.07. The standard InChI is InChI=1S/C21H31N3O2S2/c1-28(25,26)22-18-7-5-17(6-8-18)9-11-23-12-14-24(15-13-23)20-3-2-4-21-19(20)10-16-27-21/h2-4,10,16-18,22H,5-9,11-15H2,1H3. The first-order valence-electron chi connectivity index (χ1n) is 10.4. The highest BCUT2D eigenvalue weighted by Crippen LogP contribution is 2.31. The van der Waals surface area contributed by atoms with Crippen LogP contribution in [0.5, 0.6) is 0 Å². The maximum Gasteiger partial charge on any atom is 0.208 e. The Kier molecular flexibility index (Phi) is 6.25. The summed E-state index contributed by atoms with van der Waals surface area (Å²) >= 11 is 1.82. The van der Waals surface area contributed by atoms with Crippen LogP contribution in [0.15, 0.2) is 29.6 Å². The number of sulfonamides is 1. The zero-order valence-electron chi connectivity index (χ0n) is 16.6. The molecular formula is C21H31N3O2S2. The molecule has 4 rings (SSSR count). The van der Waals surface area contributed by atoms with E-state index in [0.717, 1.165) is 57.8 Å². The van der Waals surface area contributed by atoms with E-state index in [9.17, 15) is 8.42 Å². The average molecular weight is 422 g/mol. The lowest BCUT2D eigenvalue weighted by atomic mass is 9.84. The summed E-state index contributed by atoms with van der Waals surface area (Å²) < 4.78 is 26.9. The first-order valence-corrected chi connectivity index (χ1v) is 13.2. The van der Waals surface area contributed by atoms with Crippen LogP contribution in [0, 0.1) is 5.92 Å². The van der Waals surface area contributed by atoms with Crippen LogP contribution in [0.3, 0.4) is 0 Å². The van der Waals surface area contributed by atoms with Gasteiger partial charge in [0.05, 0.1) is 6.26 Å². The van der Waals surface area contributed by atoms with Gasteiger partial charge < -0.3 is 4.90 Å². The van der Waals surface area contributed by atoms with Crippen LogP contribution >= 0.6 is 11.3 Å². The Hall–Kier alpha value is -1.15. The molecule has 0 radical (unpaired) electrons. The third-order valence-corrected chi connectivity index (χ3v) is 7.91. The Bertz CT molecular complexity index is 880. The quantitative estimate of drug-likeness (QED) is 0.775. The molecule has 5 nitrogen and oxygen atoms in total. The molecule has 1 aromatic carbocycles. The van der Waals surface area contributed by atoms with Crippen LogP contribution in [0.25, 0.3) is 10.1 Å². The van der Waals surface area contributed by atoms with Gasteiger partial charge in [-0.15, -0.1) is 11.3 Å². The highest BCUT2D eigenvalue weighted by molar-refractivity contribution is 7.88. The number of hydrogen-bond acceptors (Lipinski definition) is 5. The van der Waals surface area contributed by atoms with Gasteiger partial charge in [-0.3, -0.25) is 4.90 Å². The first-order chi connectivity index (χ1) is 13.5. The van der Waals surface area contributed by atoms with E-state index in [0.29, 0.717) is 0 Å². The Morgan fingerprint density at radius 2 is 1.82 bits per heavy atom. The van der Waals surface area contributed by atoms with E-state index >= 15 is 0 Å². The summed E-state index contributed by atoms with van der Waals surface area (Å²) in [5, 5.41) is 3.57. The number of thiophene rings is 1.